The van der Waals surface area contributed by atoms with Crippen molar-refractivity contribution in [2.24, 2.45) is 5.92 Å². The van der Waals surface area contributed by atoms with E-state index in [9.17, 15) is 9.90 Å². The number of para-hydroxylation sites is 1. The van der Waals surface area contributed by atoms with E-state index in [1.807, 2.05) is 36.1 Å². The molecule has 0 spiro atoms. The molecular weight excluding hydrogens is 486 g/mol. The maximum atomic E-state index is 11.7. The molecule has 1 saturated carbocycles. The van der Waals surface area contributed by atoms with Gasteiger partial charge in [0.1, 0.15) is 5.02 Å². The minimum atomic E-state index is -0.824. The summed E-state index contributed by atoms with van der Waals surface area (Å²) in [6, 6.07) is 12.4. The Hall–Kier alpha value is -3.16. The van der Waals surface area contributed by atoms with Crippen LogP contribution in [0.15, 0.2) is 42.6 Å². The van der Waals surface area contributed by atoms with Gasteiger partial charge in [-0.1, -0.05) is 36.7 Å². The van der Waals surface area contributed by atoms with Crippen LogP contribution >= 0.6 is 11.6 Å². The Bertz CT molecular complexity index is 1370. The quantitative estimate of drug-likeness (QED) is 0.416. The van der Waals surface area contributed by atoms with Crippen molar-refractivity contribution >= 4 is 40.7 Å². The summed E-state index contributed by atoms with van der Waals surface area (Å²) in [5, 5.41) is 13.5. The third-order valence-electron chi connectivity index (χ3n) is 7.95. The molecule has 1 unspecified atom stereocenters. The highest BCUT2D eigenvalue weighted by Gasteiger charge is 2.42. The monoisotopic (exact) mass is 517 g/mol. The Morgan fingerprint density at radius 2 is 2.08 bits per heavy atom. The third kappa shape index (κ3) is 4.78. The molecule has 3 aliphatic rings. The highest BCUT2D eigenvalue weighted by atomic mass is 35.5. The van der Waals surface area contributed by atoms with E-state index < -0.39 is 11.4 Å². The van der Waals surface area contributed by atoms with Gasteiger partial charge < -0.3 is 20.2 Å². The Labute approximate surface area is 222 Å². The van der Waals surface area contributed by atoms with E-state index in [2.05, 4.69) is 34.4 Å². The van der Waals surface area contributed by atoms with Gasteiger partial charge in [0.2, 0.25) is 5.95 Å². The molecule has 2 N–H and O–H groups in total. The molecule has 0 amide bonds. The molecule has 37 heavy (non-hydrogen) atoms. The van der Waals surface area contributed by atoms with Gasteiger partial charge in [0.25, 0.3) is 0 Å². The number of carboxylic acids is 1. The highest BCUT2D eigenvalue weighted by Crippen LogP contribution is 2.47. The minimum Gasteiger partial charge on any atom is -0.481 e. The van der Waals surface area contributed by atoms with Crippen molar-refractivity contribution in [2.75, 3.05) is 30.4 Å². The first-order valence-corrected chi connectivity index (χ1v) is 13.4. The van der Waals surface area contributed by atoms with Crippen LogP contribution < -0.4 is 10.2 Å². The number of halogens is 1. The van der Waals surface area contributed by atoms with E-state index in [0.29, 0.717) is 23.3 Å². The van der Waals surface area contributed by atoms with E-state index in [1.165, 1.54) is 29.5 Å². The lowest BCUT2D eigenvalue weighted by atomic mass is 9.81. The summed E-state index contributed by atoms with van der Waals surface area (Å²) in [6.45, 7) is 4.51. The van der Waals surface area contributed by atoms with Gasteiger partial charge in [-0.2, -0.15) is 4.98 Å². The zero-order chi connectivity index (χ0) is 25.7. The maximum absolute atomic E-state index is 11.7. The molecule has 1 aliphatic carbocycles. The van der Waals surface area contributed by atoms with E-state index in [1.54, 1.807) is 6.20 Å². The van der Waals surface area contributed by atoms with Crippen molar-refractivity contribution in [3.8, 4) is 0 Å². The van der Waals surface area contributed by atoms with E-state index in [0.717, 1.165) is 48.8 Å². The van der Waals surface area contributed by atoms with Crippen LogP contribution in [0.4, 0.5) is 23.1 Å². The van der Waals surface area contributed by atoms with Gasteiger partial charge in [-0.15, -0.1) is 0 Å². The lowest BCUT2D eigenvalue weighted by Crippen LogP contribution is -2.31. The van der Waals surface area contributed by atoms with Crippen LogP contribution in [0.3, 0.4) is 0 Å². The van der Waals surface area contributed by atoms with E-state index >= 15 is 0 Å². The molecule has 6 rings (SSSR count). The summed E-state index contributed by atoms with van der Waals surface area (Å²) in [6.07, 6.45) is 6.54. The summed E-state index contributed by atoms with van der Waals surface area (Å²) in [5.41, 5.74) is 6.71. The first-order chi connectivity index (χ1) is 17.8. The number of carboxylic acid groups (broad SMARTS) is 1. The summed E-state index contributed by atoms with van der Waals surface area (Å²) < 4.78 is 0. The molecule has 1 aromatic heterocycles. The number of nitrogens with one attached hydrogen (secondary N) is 1. The maximum Gasteiger partial charge on any atom is 0.304 e. The van der Waals surface area contributed by atoms with Gasteiger partial charge in [0, 0.05) is 36.4 Å². The van der Waals surface area contributed by atoms with Crippen molar-refractivity contribution in [1.82, 2.24) is 14.9 Å². The summed E-state index contributed by atoms with van der Waals surface area (Å²) in [4.78, 5) is 25.4. The number of carbonyl (C=O) groups is 1. The zero-order valence-corrected chi connectivity index (χ0v) is 22.1. The predicted octanol–water partition coefficient (Wildman–Crippen LogP) is 5.70. The number of likely N-dealkylation sites (N-methyl/N-ethyl adjacent to an activating group) is 1. The van der Waals surface area contributed by atoms with E-state index in [4.69, 9.17) is 16.6 Å². The number of aliphatic carboxylic acids is 1. The van der Waals surface area contributed by atoms with E-state index in [-0.39, 0.29) is 6.42 Å². The fourth-order valence-electron chi connectivity index (χ4n) is 5.97. The molecule has 3 heterocycles. The minimum absolute atomic E-state index is 0.0294. The first-order valence-electron chi connectivity index (χ1n) is 13.0. The van der Waals surface area contributed by atoms with Crippen molar-refractivity contribution in [3.63, 3.8) is 0 Å². The molecule has 1 fully saturated rings. The normalized spacial score (nSPS) is 21.0. The molecule has 0 bridgehead atoms. The van der Waals surface area contributed by atoms with Gasteiger partial charge in [-0.05, 0) is 79.1 Å². The number of anilines is 4. The van der Waals surface area contributed by atoms with Crippen LogP contribution in [0.5, 0.6) is 0 Å². The van der Waals surface area contributed by atoms with Crippen molar-refractivity contribution in [2.45, 2.75) is 51.0 Å². The number of hydrogen-bond donors (Lipinski definition) is 2. The van der Waals surface area contributed by atoms with Crippen LogP contribution in [0.1, 0.15) is 48.4 Å². The lowest BCUT2D eigenvalue weighted by molar-refractivity contribution is -0.138. The molecule has 7 nitrogen and oxygen atoms in total. The molecular formula is C29H32ClN5O2. The second-order valence-electron chi connectivity index (χ2n) is 11.1. The molecule has 8 heteroatoms. The summed E-state index contributed by atoms with van der Waals surface area (Å²) in [7, 11) is 2.17. The third-order valence-corrected chi connectivity index (χ3v) is 8.22. The Morgan fingerprint density at radius 3 is 2.86 bits per heavy atom. The molecule has 3 aromatic rings. The standard InChI is InChI=1S/C29H32ClN5O2/c1-29(14-26(36)37)17-35(25-6-4-3-5-23(25)29)27-24(30)15-31-28(33-27)32-21-12-19(11-18-7-8-18)22-9-10-34(2)16-20(22)13-21/h3-6,12-13,15,18H,7-11,14,16-17H2,1-2H3,(H,36,37)(H,31,32,33). The van der Waals surface area contributed by atoms with Crippen LogP contribution in [0.25, 0.3) is 0 Å². The Kier molecular flexibility index (Phi) is 6.08. The largest absolute Gasteiger partial charge is 0.481 e. The summed E-state index contributed by atoms with van der Waals surface area (Å²) in [5.74, 6) is 1.05. The van der Waals surface area contributed by atoms with Gasteiger partial charge in [0.05, 0.1) is 12.6 Å². The van der Waals surface area contributed by atoms with Gasteiger partial charge in [-0.25, -0.2) is 4.98 Å². The molecule has 1 atom stereocenters. The first kappa shape index (κ1) is 24.2. The van der Waals surface area contributed by atoms with Gasteiger partial charge in [-0.3, -0.25) is 4.79 Å². The second-order valence-corrected chi connectivity index (χ2v) is 11.5. The van der Waals surface area contributed by atoms with Crippen molar-refractivity contribution < 1.29 is 9.90 Å². The Balaban J connectivity index is 1.33. The number of rotatable bonds is 7. The zero-order valence-electron chi connectivity index (χ0n) is 21.3. The van der Waals surface area contributed by atoms with Crippen LogP contribution in [-0.4, -0.2) is 46.1 Å². The smallest absolute Gasteiger partial charge is 0.304 e. The SMILES string of the molecule is CN1CCc2c(CC3CC3)cc(Nc3ncc(Cl)c(N4CC(C)(CC(=O)O)c5ccccc54)n3)cc2C1. The van der Waals surface area contributed by atoms with Crippen LogP contribution in [-0.2, 0) is 29.6 Å². The molecule has 2 aliphatic heterocycles. The second kappa shape index (κ2) is 9.30. The lowest BCUT2D eigenvalue weighted by Gasteiger charge is -2.28. The predicted molar refractivity (Wildman–Crippen MR) is 146 cm³/mol. The number of fused-ring (bicyclic) bond motifs is 2. The van der Waals surface area contributed by atoms with Crippen molar-refractivity contribution in [3.05, 3.63) is 69.9 Å². The number of benzene rings is 2. The molecule has 0 radical (unpaired) electrons. The average molecular weight is 518 g/mol. The van der Waals surface area contributed by atoms with Crippen LogP contribution in [0.2, 0.25) is 5.02 Å². The number of aromatic nitrogens is 2. The highest BCUT2D eigenvalue weighted by molar-refractivity contribution is 6.33. The number of hydrogen-bond acceptors (Lipinski definition) is 6. The summed E-state index contributed by atoms with van der Waals surface area (Å²) >= 11 is 6.63. The Morgan fingerprint density at radius 1 is 1.27 bits per heavy atom. The molecule has 2 aromatic carbocycles. The molecule has 192 valence electrons. The average Bonchev–Trinajstić information content (AvgIpc) is 3.62. The molecule has 0 saturated heterocycles. The van der Waals surface area contributed by atoms with Gasteiger partial charge >= 0.3 is 5.97 Å². The van der Waals surface area contributed by atoms with Crippen LogP contribution in [0, 0.1) is 5.92 Å². The number of nitrogens with zero attached hydrogens (tertiary/aromatic N) is 4. The fraction of sp³-hybridized carbons (Fsp3) is 0.414. The van der Waals surface area contributed by atoms with Gasteiger partial charge in [0.15, 0.2) is 5.82 Å². The topological polar surface area (TPSA) is 81.6 Å². The van der Waals surface area contributed by atoms with Crippen molar-refractivity contribution in [1.29, 1.82) is 0 Å². The fourth-order valence-corrected chi connectivity index (χ4v) is 6.16.